The fourth-order valence-corrected chi connectivity index (χ4v) is 3.14. The molecular formula is C17H25N3O2. The van der Waals surface area contributed by atoms with E-state index < -0.39 is 0 Å². The van der Waals surface area contributed by atoms with Crippen LogP contribution in [0.2, 0.25) is 0 Å². The molecule has 0 aromatic carbocycles. The number of amides is 1. The molecule has 5 heteroatoms. The van der Waals surface area contributed by atoms with Crippen LogP contribution in [0.3, 0.4) is 0 Å². The summed E-state index contributed by atoms with van der Waals surface area (Å²) in [5, 5.41) is 3.43. The molecule has 1 N–H and O–H groups in total. The molecule has 1 amide bonds. The van der Waals surface area contributed by atoms with Crippen molar-refractivity contribution < 1.29 is 9.53 Å². The van der Waals surface area contributed by atoms with Gasteiger partial charge in [-0.05, 0) is 25.0 Å². The lowest BCUT2D eigenvalue weighted by Gasteiger charge is -2.38. The van der Waals surface area contributed by atoms with Gasteiger partial charge >= 0.3 is 0 Å². The minimum atomic E-state index is 0.164. The summed E-state index contributed by atoms with van der Waals surface area (Å²) in [7, 11) is 0. The van der Waals surface area contributed by atoms with E-state index in [4.69, 9.17) is 9.72 Å². The van der Waals surface area contributed by atoms with E-state index in [1.165, 1.54) is 0 Å². The van der Waals surface area contributed by atoms with Crippen molar-refractivity contribution in [3.05, 3.63) is 23.9 Å². The Morgan fingerprint density at radius 2 is 2.32 bits per heavy atom. The molecule has 0 saturated carbocycles. The average molecular weight is 303 g/mol. The molecule has 3 rings (SSSR count). The zero-order valence-electron chi connectivity index (χ0n) is 13.5. The smallest absolute Gasteiger partial charge is 0.219 e. The molecule has 0 aliphatic carbocycles. The average Bonchev–Trinajstić information content (AvgIpc) is 2.51. The van der Waals surface area contributed by atoms with E-state index in [1.807, 2.05) is 11.0 Å². The Kier molecular flexibility index (Phi) is 4.34. The van der Waals surface area contributed by atoms with Crippen LogP contribution in [0.5, 0.6) is 0 Å². The van der Waals surface area contributed by atoms with Crippen LogP contribution in [-0.2, 0) is 9.53 Å². The van der Waals surface area contributed by atoms with Crippen LogP contribution in [0, 0.1) is 5.41 Å². The highest BCUT2D eigenvalue weighted by Gasteiger charge is 2.33. The van der Waals surface area contributed by atoms with Crippen LogP contribution in [-0.4, -0.2) is 48.6 Å². The Morgan fingerprint density at radius 1 is 1.50 bits per heavy atom. The summed E-state index contributed by atoms with van der Waals surface area (Å²) in [6.07, 6.45) is 2.16. The lowest BCUT2D eigenvalue weighted by molar-refractivity contribution is -0.130. The second-order valence-corrected chi connectivity index (χ2v) is 6.91. The van der Waals surface area contributed by atoms with Crippen molar-refractivity contribution in [3.8, 4) is 0 Å². The van der Waals surface area contributed by atoms with E-state index in [1.54, 1.807) is 6.92 Å². The number of rotatable bonds is 4. The number of ether oxygens (including phenoxy) is 1. The molecule has 0 spiro atoms. The first-order chi connectivity index (χ1) is 10.6. The van der Waals surface area contributed by atoms with E-state index in [0.717, 1.165) is 57.2 Å². The SMILES string of the molecule is CC(=O)N1CCC[C@@H](c2cccc(NCC3(C)COC3)n2)C1. The van der Waals surface area contributed by atoms with E-state index in [0.29, 0.717) is 5.92 Å². The molecule has 120 valence electrons. The van der Waals surface area contributed by atoms with Crippen molar-refractivity contribution >= 4 is 11.7 Å². The monoisotopic (exact) mass is 303 g/mol. The Bertz CT molecular complexity index is 542. The molecule has 2 fully saturated rings. The maximum absolute atomic E-state index is 11.6. The summed E-state index contributed by atoms with van der Waals surface area (Å²) < 4.78 is 5.28. The molecule has 1 aromatic heterocycles. The normalized spacial score (nSPS) is 23.7. The summed E-state index contributed by atoms with van der Waals surface area (Å²) in [6, 6.07) is 6.14. The number of carbonyl (C=O) groups excluding carboxylic acids is 1. The first kappa shape index (κ1) is 15.3. The fraction of sp³-hybridized carbons (Fsp3) is 0.647. The number of hydrogen-bond donors (Lipinski definition) is 1. The minimum absolute atomic E-state index is 0.164. The standard InChI is InChI=1S/C17H25N3O2/c1-13(21)20-8-4-5-14(9-20)15-6-3-7-16(19-15)18-10-17(2)11-22-12-17/h3,6-7,14H,4-5,8-12H2,1-2H3,(H,18,19)/t14-/m1/s1. The zero-order chi connectivity index (χ0) is 15.6. The highest BCUT2D eigenvalue weighted by molar-refractivity contribution is 5.73. The summed E-state index contributed by atoms with van der Waals surface area (Å²) in [5.41, 5.74) is 1.32. The Balaban J connectivity index is 1.64. The molecule has 1 aromatic rings. The third-order valence-corrected chi connectivity index (χ3v) is 4.65. The highest BCUT2D eigenvalue weighted by atomic mass is 16.5. The summed E-state index contributed by atoms with van der Waals surface area (Å²) in [4.78, 5) is 18.3. The molecule has 2 saturated heterocycles. The van der Waals surface area contributed by atoms with Crippen molar-refractivity contribution in [1.29, 1.82) is 0 Å². The van der Waals surface area contributed by atoms with Gasteiger partial charge in [0.05, 0.1) is 13.2 Å². The van der Waals surface area contributed by atoms with Crippen molar-refractivity contribution in [2.24, 2.45) is 5.41 Å². The number of likely N-dealkylation sites (tertiary alicyclic amines) is 1. The maximum Gasteiger partial charge on any atom is 0.219 e. The molecule has 1 atom stereocenters. The van der Waals surface area contributed by atoms with Gasteiger partial charge in [-0.15, -0.1) is 0 Å². The fourth-order valence-electron chi connectivity index (χ4n) is 3.14. The van der Waals surface area contributed by atoms with Gasteiger partial charge < -0.3 is 15.0 Å². The minimum Gasteiger partial charge on any atom is -0.380 e. The van der Waals surface area contributed by atoms with Gasteiger partial charge in [-0.1, -0.05) is 13.0 Å². The molecule has 3 heterocycles. The maximum atomic E-state index is 11.6. The summed E-state index contributed by atoms with van der Waals surface area (Å²) in [6.45, 7) is 8.05. The molecule has 0 unspecified atom stereocenters. The summed E-state index contributed by atoms with van der Waals surface area (Å²) in [5.74, 6) is 1.43. The predicted octanol–water partition coefficient (Wildman–Crippen LogP) is 2.26. The second kappa shape index (κ2) is 6.24. The first-order valence-corrected chi connectivity index (χ1v) is 8.10. The van der Waals surface area contributed by atoms with Crippen LogP contribution in [0.25, 0.3) is 0 Å². The Labute approximate surface area is 132 Å². The number of nitrogens with zero attached hydrogens (tertiary/aromatic N) is 2. The van der Waals surface area contributed by atoms with E-state index in [9.17, 15) is 4.79 Å². The third kappa shape index (κ3) is 3.40. The second-order valence-electron chi connectivity index (χ2n) is 6.91. The quantitative estimate of drug-likeness (QED) is 0.927. The van der Waals surface area contributed by atoms with Crippen molar-refractivity contribution in [3.63, 3.8) is 0 Å². The topological polar surface area (TPSA) is 54.5 Å². The number of carbonyl (C=O) groups is 1. The zero-order valence-corrected chi connectivity index (χ0v) is 13.5. The molecule has 22 heavy (non-hydrogen) atoms. The number of pyridine rings is 1. The van der Waals surface area contributed by atoms with Gasteiger partial charge in [0.2, 0.25) is 5.91 Å². The Hall–Kier alpha value is -1.62. The molecule has 5 nitrogen and oxygen atoms in total. The first-order valence-electron chi connectivity index (χ1n) is 8.10. The number of nitrogens with one attached hydrogen (secondary N) is 1. The van der Waals surface area contributed by atoms with E-state index in [-0.39, 0.29) is 11.3 Å². The number of anilines is 1. The molecule has 0 bridgehead atoms. The van der Waals surface area contributed by atoms with Crippen LogP contribution >= 0.6 is 0 Å². The highest BCUT2D eigenvalue weighted by Crippen LogP contribution is 2.28. The van der Waals surface area contributed by atoms with E-state index in [2.05, 4.69) is 24.4 Å². The molecular weight excluding hydrogens is 278 g/mol. The molecule has 2 aliphatic rings. The van der Waals surface area contributed by atoms with Gasteiger partial charge in [-0.2, -0.15) is 0 Å². The van der Waals surface area contributed by atoms with Gasteiger partial charge in [0.1, 0.15) is 5.82 Å². The van der Waals surface area contributed by atoms with E-state index >= 15 is 0 Å². The van der Waals surface area contributed by atoms with Gasteiger partial charge in [-0.25, -0.2) is 4.98 Å². The van der Waals surface area contributed by atoms with Crippen LogP contribution in [0.4, 0.5) is 5.82 Å². The van der Waals surface area contributed by atoms with Gasteiger partial charge in [0.15, 0.2) is 0 Å². The van der Waals surface area contributed by atoms with Crippen LogP contribution < -0.4 is 5.32 Å². The summed E-state index contributed by atoms with van der Waals surface area (Å²) >= 11 is 0. The largest absolute Gasteiger partial charge is 0.380 e. The number of piperidine rings is 1. The number of aromatic nitrogens is 1. The van der Waals surface area contributed by atoms with Gasteiger partial charge in [-0.3, -0.25) is 4.79 Å². The van der Waals surface area contributed by atoms with Crippen molar-refractivity contribution in [2.45, 2.75) is 32.6 Å². The van der Waals surface area contributed by atoms with Crippen LogP contribution in [0.15, 0.2) is 18.2 Å². The van der Waals surface area contributed by atoms with Crippen LogP contribution in [0.1, 0.15) is 38.3 Å². The van der Waals surface area contributed by atoms with Crippen molar-refractivity contribution in [1.82, 2.24) is 9.88 Å². The Morgan fingerprint density at radius 3 is 3.00 bits per heavy atom. The molecule has 2 aliphatic heterocycles. The lowest BCUT2D eigenvalue weighted by atomic mass is 9.89. The van der Waals surface area contributed by atoms with Gasteiger partial charge in [0, 0.05) is 43.6 Å². The van der Waals surface area contributed by atoms with Crippen molar-refractivity contribution in [2.75, 3.05) is 38.2 Å². The number of hydrogen-bond acceptors (Lipinski definition) is 4. The lowest BCUT2D eigenvalue weighted by Crippen LogP contribution is -2.45. The molecule has 0 radical (unpaired) electrons. The van der Waals surface area contributed by atoms with Gasteiger partial charge in [0.25, 0.3) is 0 Å². The third-order valence-electron chi connectivity index (χ3n) is 4.65. The predicted molar refractivity (Wildman–Crippen MR) is 85.9 cm³/mol.